The summed E-state index contributed by atoms with van der Waals surface area (Å²) in [5, 5.41) is 17.6. The molecule has 1 aliphatic carbocycles. The number of aliphatic hydroxyl groups is 1. The highest BCUT2D eigenvalue weighted by Crippen LogP contribution is 2.47. The second-order valence-electron chi connectivity index (χ2n) is 13.4. The molecule has 6 rings (SSSR count). The Morgan fingerprint density at radius 1 is 1.09 bits per heavy atom. The lowest BCUT2D eigenvalue weighted by Crippen LogP contribution is -2.52. The van der Waals surface area contributed by atoms with E-state index >= 15 is 0 Å². The topological polar surface area (TPSA) is 152 Å². The van der Waals surface area contributed by atoms with Crippen LogP contribution in [0, 0.1) is 17.8 Å². The lowest BCUT2D eigenvalue weighted by molar-refractivity contribution is -0.130. The molecule has 3 heterocycles. The number of aromatic nitrogens is 1. The molecule has 12 nitrogen and oxygen atoms in total. The summed E-state index contributed by atoms with van der Waals surface area (Å²) < 4.78 is 52.7. The molecule has 2 unspecified atom stereocenters. The van der Waals surface area contributed by atoms with Crippen LogP contribution in [0.2, 0.25) is 0 Å². The zero-order chi connectivity index (χ0) is 32.6. The van der Waals surface area contributed by atoms with Crippen LogP contribution in [0.15, 0.2) is 57.8 Å². The number of anilines is 1. The maximum Gasteiger partial charge on any atom is 0.407 e. The molecule has 3 fully saturated rings. The van der Waals surface area contributed by atoms with Crippen LogP contribution in [0.3, 0.4) is 0 Å². The van der Waals surface area contributed by atoms with Crippen LogP contribution in [-0.2, 0) is 30.7 Å². The van der Waals surface area contributed by atoms with E-state index in [1.807, 2.05) is 58.0 Å². The van der Waals surface area contributed by atoms with Crippen LogP contribution < -0.4 is 10.6 Å². The zero-order valence-electron chi connectivity index (χ0n) is 26.7. The van der Waals surface area contributed by atoms with Crippen molar-refractivity contribution in [3.63, 3.8) is 0 Å². The average molecular weight is 657 g/mol. The molecule has 46 heavy (non-hydrogen) atoms. The number of ether oxygens (including phenoxy) is 3. The third kappa shape index (κ3) is 7.18. The van der Waals surface area contributed by atoms with Gasteiger partial charge in [0.2, 0.25) is 10.0 Å². The molecule has 3 aliphatic rings. The minimum absolute atomic E-state index is 0.000841. The molecule has 7 atom stereocenters. The van der Waals surface area contributed by atoms with E-state index < -0.39 is 28.3 Å². The van der Waals surface area contributed by atoms with Crippen molar-refractivity contribution < 1.29 is 36.9 Å². The fraction of sp³-hybridized carbons (Fsp3) is 0.576. The molecule has 2 bridgehead atoms. The number of oxazole rings is 1. The van der Waals surface area contributed by atoms with E-state index in [-0.39, 0.29) is 66.7 Å². The van der Waals surface area contributed by atoms with Crippen LogP contribution in [0.25, 0.3) is 11.1 Å². The number of carbonyl (C=O) groups excluding carboxylic acids is 1. The number of nitrogens with one attached hydrogen (secondary N) is 2. The second-order valence-corrected chi connectivity index (χ2v) is 15.3. The Hall–Kier alpha value is -3.23. The van der Waals surface area contributed by atoms with Crippen molar-refractivity contribution in [1.29, 1.82) is 0 Å². The third-order valence-corrected chi connectivity index (χ3v) is 10.7. The summed E-state index contributed by atoms with van der Waals surface area (Å²) in [6.07, 6.45) is -0.703. The van der Waals surface area contributed by atoms with Crippen molar-refractivity contribution in [2.75, 3.05) is 25.0 Å². The summed E-state index contributed by atoms with van der Waals surface area (Å²) in [7, 11) is -4.07. The lowest BCUT2D eigenvalue weighted by atomic mass is 9.79. The van der Waals surface area contributed by atoms with Gasteiger partial charge in [-0.3, -0.25) is 0 Å². The highest BCUT2D eigenvalue weighted by atomic mass is 32.2. The van der Waals surface area contributed by atoms with Gasteiger partial charge < -0.3 is 34.4 Å². The van der Waals surface area contributed by atoms with Gasteiger partial charge in [-0.05, 0) is 50.3 Å². The first-order valence-corrected chi connectivity index (χ1v) is 17.5. The second kappa shape index (κ2) is 13.5. The molecule has 0 spiro atoms. The number of alkyl carbamates (subject to hydrolysis) is 1. The molecule has 250 valence electrons. The molecule has 1 aromatic heterocycles. The summed E-state index contributed by atoms with van der Waals surface area (Å²) in [5.74, 6) is 0.244. The fourth-order valence-electron chi connectivity index (χ4n) is 6.75. The van der Waals surface area contributed by atoms with Gasteiger partial charge in [-0.15, -0.1) is 0 Å². The Morgan fingerprint density at radius 3 is 2.61 bits per heavy atom. The highest BCUT2D eigenvalue weighted by molar-refractivity contribution is 7.89. The predicted octanol–water partition coefficient (Wildman–Crippen LogP) is 4.14. The number of rotatable bonds is 13. The van der Waals surface area contributed by atoms with Crippen molar-refractivity contribution >= 4 is 33.2 Å². The minimum Gasteiger partial charge on any atom is -0.446 e. The largest absolute Gasteiger partial charge is 0.446 e. The summed E-state index contributed by atoms with van der Waals surface area (Å²) in [6.45, 7) is 8.12. The van der Waals surface area contributed by atoms with Crippen LogP contribution in [0.1, 0.15) is 46.1 Å². The number of nitrogens with zero attached hydrogens (tertiary/aromatic N) is 2. The van der Waals surface area contributed by atoms with E-state index in [0.29, 0.717) is 30.1 Å². The van der Waals surface area contributed by atoms with Gasteiger partial charge in [0.25, 0.3) is 6.01 Å². The van der Waals surface area contributed by atoms with E-state index in [4.69, 9.17) is 18.6 Å². The SMILES string of the molecule is CC(C)CN(C[C@@H](O)[C@H](Cc1ccccc1)NC(=O)OC1CC2C[C@H]3[C@H](OC[C@@H]13)O2)S(=O)(=O)c1ccc2nc(NC(C)C)oc2c1. The van der Waals surface area contributed by atoms with Gasteiger partial charge in [-0.2, -0.15) is 9.29 Å². The molecule has 1 saturated carbocycles. The van der Waals surface area contributed by atoms with Crippen LogP contribution in [-0.4, -0.2) is 85.3 Å². The molecule has 2 aliphatic heterocycles. The van der Waals surface area contributed by atoms with Gasteiger partial charge in [0, 0.05) is 43.5 Å². The first-order chi connectivity index (χ1) is 22.0. The van der Waals surface area contributed by atoms with Gasteiger partial charge in [-0.25, -0.2) is 13.2 Å². The lowest BCUT2D eigenvalue weighted by Gasteiger charge is -2.33. The van der Waals surface area contributed by atoms with Gasteiger partial charge >= 0.3 is 6.09 Å². The van der Waals surface area contributed by atoms with E-state index in [9.17, 15) is 18.3 Å². The number of hydrogen-bond donors (Lipinski definition) is 3. The quantitative estimate of drug-likeness (QED) is 0.245. The summed E-state index contributed by atoms with van der Waals surface area (Å²) in [6, 6.07) is 13.6. The Labute approximate surface area is 269 Å². The zero-order valence-corrected chi connectivity index (χ0v) is 27.5. The van der Waals surface area contributed by atoms with E-state index in [0.717, 1.165) is 12.0 Å². The monoisotopic (exact) mass is 656 g/mol. The number of aliphatic hydroxyl groups excluding tert-OH is 1. The number of carbonyl (C=O) groups is 1. The minimum atomic E-state index is -4.07. The maximum atomic E-state index is 14.0. The molecular formula is C33H44N4O8S. The van der Waals surface area contributed by atoms with Gasteiger partial charge in [0.1, 0.15) is 11.6 Å². The highest BCUT2D eigenvalue weighted by Gasteiger charge is 2.54. The first-order valence-electron chi connectivity index (χ1n) is 16.1. The van der Waals surface area contributed by atoms with Crippen molar-refractivity contribution in [3.8, 4) is 0 Å². The Balaban J connectivity index is 1.20. The molecule has 3 aromatic rings. The number of amides is 1. The van der Waals surface area contributed by atoms with Gasteiger partial charge in [0.05, 0.1) is 29.8 Å². The molecule has 3 N–H and O–H groups in total. The summed E-state index contributed by atoms with van der Waals surface area (Å²) in [4.78, 5) is 17.7. The van der Waals surface area contributed by atoms with Gasteiger partial charge in [0.15, 0.2) is 11.9 Å². The van der Waals surface area contributed by atoms with E-state index in [2.05, 4.69) is 15.6 Å². The maximum absolute atomic E-state index is 14.0. The summed E-state index contributed by atoms with van der Waals surface area (Å²) >= 11 is 0. The van der Waals surface area contributed by atoms with Crippen molar-refractivity contribution in [3.05, 3.63) is 54.1 Å². The number of fused-ring (bicyclic) bond motifs is 2. The van der Waals surface area contributed by atoms with Crippen molar-refractivity contribution in [2.45, 2.75) is 88.5 Å². The number of hydrogen-bond acceptors (Lipinski definition) is 10. The molecule has 13 heteroatoms. The van der Waals surface area contributed by atoms with Crippen LogP contribution in [0.5, 0.6) is 0 Å². The standard InChI is InChI=1S/C33H44N4O8S/c1-19(2)16-37(46(40,41)23-10-11-26-30(15-23)44-32(35-26)34-20(3)4)17-28(38)27(12-21-8-6-5-7-9-21)36-33(39)45-29-14-22-13-24-25(29)18-42-31(24)43-22/h5-11,15,19-20,22,24-25,27-29,31,38H,12-14,16-18H2,1-4H3,(H,34,35)(H,36,39)/t22?,24-,25-,27+,28-,29?,31-/m1/s1. The van der Waals surface area contributed by atoms with Crippen molar-refractivity contribution in [2.24, 2.45) is 17.8 Å². The van der Waals surface area contributed by atoms with Crippen LogP contribution >= 0.6 is 0 Å². The fourth-order valence-corrected chi connectivity index (χ4v) is 8.38. The molecule has 2 saturated heterocycles. The van der Waals surface area contributed by atoms with Crippen LogP contribution in [0.4, 0.5) is 10.8 Å². The summed E-state index contributed by atoms with van der Waals surface area (Å²) in [5.41, 5.74) is 1.74. The Kier molecular flexibility index (Phi) is 9.58. The average Bonchev–Trinajstić information content (AvgIpc) is 3.67. The molecule has 1 amide bonds. The van der Waals surface area contributed by atoms with Gasteiger partial charge in [-0.1, -0.05) is 44.2 Å². The molecular weight excluding hydrogens is 612 g/mol. The normalized spacial score (nSPS) is 25.3. The predicted molar refractivity (Wildman–Crippen MR) is 171 cm³/mol. The van der Waals surface area contributed by atoms with E-state index in [1.54, 1.807) is 6.07 Å². The van der Waals surface area contributed by atoms with Crippen molar-refractivity contribution in [1.82, 2.24) is 14.6 Å². The first kappa shape index (κ1) is 32.7. The Morgan fingerprint density at radius 2 is 1.87 bits per heavy atom. The smallest absolute Gasteiger partial charge is 0.407 e. The third-order valence-electron chi connectivity index (χ3n) is 8.88. The number of sulfonamides is 1. The Bertz CT molecular complexity index is 1610. The number of benzene rings is 2. The molecule has 2 aromatic carbocycles. The van der Waals surface area contributed by atoms with E-state index in [1.165, 1.54) is 16.4 Å². The molecule has 0 radical (unpaired) electrons.